The van der Waals surface area contributed by atoms with Crippen molar-refractivity contribution in [1.29, 1.82) is 0 Å². The zero-order chi connectivity index (χ0) is 16.0. The van der Waals surface area contributed by atoms with Crippen LogP contribution >= 0.6 is 23.1 Å². The lowest BCUT2D eigenvalue weighted by molar-refractivity contribution is 0.0979. The van der Waals surface area contributed by atoms with E-state index in [0.29, 0.717) is 0 Å². The highest BCUT2D eigenvalue weighted by atomic mass is 32.2. The minimum absolute atomic E-state index is 0.0531. The van der Waals surface area contributed by atoms with Crippen LogP contribution in [0.15, 0.2) is 35.6 Å². The first-order chi connectivity index (χ1) is 11.1. The number of hydrogen-bond acceptors (Lipinski definition) is 5. The SMILES string of the molecule is Cc1sc2ncnc(SC3CCc4ccccc4C3=O)c2c1C. The van der Waals surface area contributed by atoms with E-state index >= 15 is 0 Å². The maximum atomic E-state index is 12.8. The number of aromatic nitrogens is 2. The number of thioether (sulfide) groups is 1. The molecule has 1 unspecified atom stereocenters. The molecule has 5 heteroatoms. The van der Waals surface area contributed by atoms with Crippen LogP contribution < -0.4 is 0 Å². The van der Waals surface area contributed by atoms with Crippen LogP contribution in [0.1, 0.15) is 32.8 Å². The van der Waals surface area contributed by atoms with Crippen LogP contribution in [0.4, 0.5) is 0 Å². The van der Waals surface area contributed by atoms with Gasteiger partial charge in [0.15, 0.2) is 5.78 Å². The third-order valence-corrected chi connectivity index (χ3v) is 6.82. The highest BCUT2D eigenvalue weighted by Gasteiger charge is 2.29. The summed E-state index contributed by atoms with van der Waals surface area (Å²) in [6, 6.07) is 7.95. The Hall–Kier alpha value is -1.72. The molecule has 0 fully saturated rings. The van der Waals surface area contributed by atoms with Crippen molar-refractivity contribution in [2.24, 2.45) is 0 Å². The van der Waals surface area contributed by atoms with Crippen LogP contribution in [0.3, 0.4) is 0 Å². The molecule has 23 heavy (non-hydrogen) atoms. The monoisotopic (exact) mass is 340 g/mol. The number of nitrogens with zero attached hydrogens (tertiary/aromatic N) is 2. The number of benzene rings is 1. The predicted octanol–water partition coefficient (Wildman–Crippen LogP) is 4.60. The standard InChI is InChI=1S/C18H16N2OS2/c1-10-11(2)22-17-15(10)18(20-9-19-17)23-14-8-7-12-5-3-4-6-13(12)16(14)21/h3-6,9,14H,7-8H2,1-2H3. The van der Waals surface area contributed by atoms with Gasteiger partial charge in [-0.2, -0.15) is 0 Å². The summed E-state index contributed by atoms with van der Waals surface area (Å²) in [5.41, 5.74) is 3.28. The normalized spacial score (nSPS) is 17.5. The van der Waals surface area contributed by atoms with Gasteiger partial charge in [-0.05, 0) is 37.8 Å². The van der Waals surface area contributed by atoms with Gasteiger partial charge in [-0.25, -0.2) is 9.97 Å². The Morgan fingerprint density at radius 1 is 1.22 bits per heavy atom. The molecule has 0 aliphatic heterocycles. The van der Waals surface area contributed by atoms with Gasteiger partial charge in [0, 0.05) is 15.8 Å². The van der Waals surface area contributed by atoms with Gasteiger partial charge in [-0.15, -0.1) is 11.3 Å². The highest BCUT2D eigenvalue weighted by Crippen LogP contribution is 2.39. The summed E-state index contributed by atoms with van der Waals surface area (Å²) in [4.78, 5) is 23.9. The van der Waals surface area contributed by atoms with E-state index in [4.69, 9.17) is 0 Å². The first-order valence-electron chi connectivity index (χ1n) is 7.64. The molecule has 0 radical (unpaired) electrons. The van der Waals surface area contributed by atoms with Crippen LogP contribution in [0, 0.1) is 13.8 Å². The van der Waals surface area contributed by atoms with E-state index in [2.05, 4.69) is 29.9 Å². The largest absolute Gasteiger partial charge is 0.293 e. The van der Waals surface area contributed by atoms with Crippen molar-refractivity contribution in [3.63, 3.8) is 0 Å². The van der Waals surface area contributed by atoms with E-state index in [1.807, 2.05) is 18.2 Å². The number of Topliss-reactive ketones (excluding diaryl/α,β-unsaturated/α-hetero) is 1. The summed E-state index contributed by atoms with van der Waals surface area (Å²) in [7, 11) is 0. The van der Waals surface area contributed by atoms with E-state index in [1.54, 1.807) is 29.4 Å². The van der Waals surface area contributed by atoms with E-state index in [-0.39, 0.29) is 11.0 Å². The fourth-order valence-electron chi connectivity index (χ4n) is 3.06. The Morgan fingerprint density at radius 3 is 2.91 bits per heavy atom. The smallest absolute Gasteiger partial charge is 0.176 e. The first kappa shape index (κ1) is 14.8. The summed E-state index contributed by atoms with van der Waals surface area (Å²) in [5, 5.41) is 2.00. The molecule has 2 heterocycles. The molecular formula is C18H16N2OS2. The molecule has 3 nitrogen and oxygen atoms in total. The quantitative estimate of drug-likeness (QED) is 0.640. The molecule has 0 N–H and O–H groups in total. The van der Waals surface area contributed by atoms with Crippen molar-refractivity contribution in [3.8, 4) is 0 Å². The molecule has 3 aromatic rings. The number of rotatable bonds is 2. The van der Waals surface area contributed by atoms with Crippen LogP contribution in [-0.2, 0) is 6.42 Å². The van der Waals surface area contributed by atoms with Gasteiger partial charge in [-0.1, -0.05) is 36.0 Å². The molecule has 0 spiro atoms. The second-order valence-electron chi connectivity index (χ2n) is 5.81. The number of aryl methyl sites for hydroxylation is 3. The number of carbonyl (C=O) groups excluding carboxylic acids is 1. The zero-order valence-corrected chi connectivity index (χ0v) is 14.6. The molecule has 1 aliphatic rings. The van der Waals surface area contributed by atoms with Crippen LogP contribution in [-0.4, -0.2) is 21.0 Å². The Bertz CT molecular complexity index is 917. The van der Waals surface area contributed by atoms with Crippen molar-refractivity contribution in [2.75, 3.05) is 0 Å². The fourth-order valence-corrected chi connectivity index (χ4v) is 5.33. The molecular weight excluding hydrogens is 324 g/mol. The maximum Gasteiger partial charge on any atom is 0.176 e. The summed E-state index contributed by atoms with van der Waals surface area (Å²) in [6.07, 6.45) is 3.44. The van der Waals surface area contributed by atoms with Crippen molar-refractivity contribution < 1.29 is 4.79 Å². The maximum absolute atomic E-state index is 12.8. The second kappa shape index (κ2) is 5.73. The van der Waals surface area contributed by atoms with Crippen LogP contribution in [0.5, 0.6) is 0 Å². The Balaban J connectivity index is 1.71. The van der Waals surface area contributed by atoms with Gasteiger partial charge in [0.2, 0.25) is 0 Å². The molecule has 0 bridgehead atoms. The third kappa shape index (κ3) is 2.48. The molecule has 1 atom stereocenters. The lowest BCUT2D eigenvalue weighted by atomic mass is 9.90. The van der Waals surface area contributed by atoms with Gasteiger partial charge in [0.1, 0.15) is 16.2 Å². The van der Waals surface area contributed by atoms with Crippen molar-refractivity contribution in [3.05, 3.63) is 52.2 Å². The van der Waals surface area contributed by atoms with Gasteiger partial charge < -0.3 is 0 Å². The highest BCUT2D eigenvalue weighted by molar-refractivity contribution is 8.00. The van der Waals surface area contributed by atoms with E-state index in [1.165, 1.54) is 16.0 Å². The number of carbonyl (C=O) groups is 1. The van der Waals surface area contributed by atoms with Crippen molar-refractivity contribution in [1.82, 2.24) is 9.97 Å². The van der Waals surface area contributed by atoms with Crippen molar-refractivity contribution in [2.45, 2.75) is 37.0 Å². The Kier molecular flexibility index (Phi) is 3.70. The summed E-state index contributed by atoms with van der Waals surface area (Å²) in [5.74, 6) is 0.230. The second-order valence-corrected chi connectivity index (χ2v) is 8.20. The lowest BCUT2D eigenvalue weighted by Crippen LogP contribution is -2.24. The van der Waals surface area contributed by atoms with E-state index < -0.39 is 0 Å². The Labute approximate surface area is 143 Å². The molecule has 1 aliphatic carbocycles. The molecule has 2 aromatic heterocycles. The molecule has 0 saturated carbocycles. The van der Waals surface area contributed by atoms with Crippen molar-refractivity contribution >= 4 is 39.1 Å². The molecule has 4 rings (SSSR count). The van der Waals surface area contributed by atoms with Crippen LogP contribution in [0.25, 0.3) is 10.2 Å². The average Bonchev–Trinajstić information content (AvgIpc) is 2.86. The number of fused-ring (bicyclic) bond motifs is 2. The number of ketones is 1. The lowest BCUT2D eigenvalue weighted by Gasteiger charge is -2.22. The zero-order valence-electron chi connectivity index (χ0n) is 13.0. The summed E-state index contributed by atoms with van der Waals surface area (Å²) < 4.78 is 0. The summed E-state index contributed by atoms with van der Waals surface area (Å²) in [6.45, 7) is 4.22. The van der Waals surface area contributed by atoms with Crippen LogP contribution in [0.2, 0.25) is 0 Å². The number of hydrogen-bond donors (Lipinski definition) is 0. The predicted molar refractivity (Wildman–Crippen MR) is 95.6 cm³/mol. The minimum Gasteiger partial charge on any atom is -0.293 e. The topological polar surface area (TPSA) is 42.9 Å². The minimum atomic E-state index is -0.0531. The van der Waals surface area contributed by atoms with Gasteiger partial charge in [0.25, 0.3) is 0 Å². The fraction of sp³-hybridized carbons (Fsp3) is 0.278. The average molecular weight is 340 g/mol. The van der Waals surface area contributed by atoms with E-state index in [0.717, 1.165) is 33.6 Å². The van der Waals surface area contributed by atoms with Gasteiger partial charge in [0.05, 0.1) is 5.25 Å². The first-order valence-corrected chi connectivity index (χ1v) is 9.34. The summed E-state index contributed by atoms with van der Waals surface area (Å²) >= 11 is 3.29. The third-order valence-electron chi connectivity index (χ3n) is 4.44. The van der Waals surface area contributed by atoms with E-state index in [9.17, 15) is 4.79 Å². The molecule has 1 aromatic carbocycles. The number of thiophene rings is 1. The molecule has 0 amide bonds. The molecule has 116 valence electrons. The molecule has 0 saturated heterocycles. The van der Waals surface area contributed by atoms with Gasteiger partial charge in [-0.3, -0.25) is 4.79 Å². The van der Waals surface area contributed by atoms with Gasteiger partial charge >= 0.3 is 0 Å². The Morgan fingerprint density at radius 2 is 2.04 bits per heavy atom.